The number of phenols is 1. The van der Waals surface area contributed by atoms with Gasteiger partial charge in [-0.25, -0.2) is 9.79 Å². The molecule has 0 aliphatic carbocycles. The van der Waals surface area contributed by atoms with Crippen molar-refractivity contribution in [1.82, 2.24) is 4.90 Å². The second-order valence-corrected chi connectivity index (χ2v) is 8.65. The van der Waals surface area contributed by atoms with Crippen molar-refractivity contribution in [3.63, 3.8) is 0 Å². The summed E-state index contributed by atoms with van der Waals surface area (Å²) in [6.45, 7) is 0. The molecule has 0 atom stereocenters. The van der Waals surface area contributed by atoms with Crippen LogP contribution in [0.4, 0.5) is 5.69 Å². The number of hydrogen-bond donors (Lipinski definition) is 1. The molecular formula is C20H16Br2N2O5S. The molecule has 2 aromatic carbocycles. The van der Waals surface area contributed by atoms with Gasteiger partial charge in [-0.2, -0.15) is 0 Å². The molecule has 1 N–H and O–H groups in total. The van der Waals surface area contributed by atoms with Gasteiger partial charge in [-0.1, -0.05) is 0 Å². The molecule has 0 unspecified atom stereocenters. The van der Waals surface area contributed by atoms with Gasteiger partial charge in [0.2, 0.25) is 0 Å². The fraction of sp³-hybridized carbons (Fsp3) is 0.150. The summed E-state index contributed by atoms with van der Waals surface area (Å²) < 4.78 is 10.9. The standard InChI is InChI=1S/C20H16Br2N2O5S/c1-24-18(26)14(9-11-8-13(28-2)17(25)16(22)15(11)21)30-20(24)23-12-6-4-10(5-7-12)19(27)29-3/h4-9,25H,1-3H3/b14-9-,23-20?. The van der Waals surface area contributed by atoms with Crippen LogP contribution in [0.2, 0.25) is 0 Å². The minimum atomic E-state index is -0.428. The van der Waals surface area contributed by atoms with Crippen molar-refractivity contribution < 1.29 is 24.2 Å². The van der Waals surface area contributed by atoms with Crippen LogP contribution < -0.4 is 4.74 Å². The Balaban J connectivity index is 1.92. The average molecular weight is 556 g/mol. The number of hydrogen-bond acceptors (Lipinski definition) is 7. The molecule has 0 saturated carbocycles. The fourth-order valence-corrected chi connectivity index (χ4v) is 4.38. The maximum absolute atomic E-state index is 12.7. The number of rotatable bonds is 4. The van der Waals surface area contributed by atoms with Crippen LogP contribution in [0.5, 0.6) is 11.5 Å². The van der Waals surface area contributed by atoms with Crippen molar-refractivity contribution in [2.45, 2.75) is 0 Å². The quantitative estimate of drug-likeness (QED) is 0.424. The molecule has 1 aliphatic heterocycles. The van der Waals surface area contributed by atoms with Gasteiger partial charge in [-0.3, -0.25) is 9.69 Å². The van der Waals surface area contributed by atoms with Crippen LogP contribution in [0.1, 0.15) is 15.9 Å². The Hall–Kier alpha value is -2.30. The van der Waals surface area contributed by atoms with E-state index in [-0.39, 0.29) is 17.4 Å². The molecule has 1 saturated heterocycles. The van der Waals surface area contributed by atoms with Gasteiger partial charge in [0, 0.05) is 11.5 Å². The molecule has 1 amide bonds. The summed E-state index contributed by atoms with van der Waals surface area (Å²) in [4.78, 5) is 30.7. The van der Waals surface area contributed by atoms with Crippen molar-refractivity contribution in [3.8, 4) is 11.5 Å². The molecule has 3 rings (SSSR count). The van der Waals surface area contributed by atoms with E-state index in [1.807, 2.05) is 0 Å². The van der Waals surface area contributed by atoms with Crippen LogP contribution in [0.25, 0.3) is 6.08 Å². The Labute approximate surface area is 194 Å². The summed E-state index contributed by atoms with van der Waals surface area (Å²) in [6, 6.07) is 8.21. The third-order valence-corrected chi connectivity index (χ3v) is 7.42. The molecule has 1 heterocycles. The summed E-state index contributed by atoms with van der Waals surface area (Å²) in [5.41, 5.74) is 1.67. The minimum absolute atomic E-state index is 0.0355. The zero-order chi connectivity index (χ0) is 22.0. The molecule has 2 aromatic rings. The Kier molecular flexibility index (Phi) is 6.89. The first-order chi connectivity index (χ1) is 14.3. The predicted molar refractivity (Wildman–Crippen MR) is 123 cm³/mol. The molecule has 0 bridgehead atoms. The Morgan fingerprint density at radius 1 is 1.20 bits per heavy atom. The summed E-state index contributed by atoms with van der Waals surface area (Å²) in [6.07, 6.45) is 1.70. The molecule has 0 radical (unpaired) electrons. The number of benzene rings is 2. The van der Waals surface area contributed by atoms with Gasteiger partial charge in [-0.05, 0) is 85.6 Å². The van der Waals surface area contributed by atoms with Gasteiger partial charge in [-0.15, -0.1) is 0 Å². The molecule has 1 fully saturated rings. The van der Waals surface area contributed by atoms with Gasteiger partial charge in [0.25, 0.3) is 5.91 Å². The number of carbonyl (C=O) groups is 2. The first kappa shape index (κ1) is 22.4. The number of halogens is 2. The number of ether oxygens (including phenoxy) is 2. The summed E-state index contributed by atoms with van der Waals surface area (Å²) >= 11 is 7.95. The highest BCUT2D eigenvalue weighted by atomic mass is 79.9. The topological polar surface area (TPSA) is 88.4 Å². The average Bonchev–Trinajstić information content (AvgIpc) is 3.01. The predicted octanol–water partition coefficient (Wildman–Crippen LogP) is 4.95. The highest BCUT2D eigenvalue weighted by Crippen LogP contribution is 2.43. The zero-order valence-corrected chi connectivity index (χ0v) is 20.1. The van der Waals surface area contributed by atoms with Crippen LogP contribution >= 0.6 is 43.6 Å². The van der Waals surface area contributed by atoms with Gasteiger partial charge >= 0.3 is 5.97 Å². The van der Waals surface area contributed by atoms with E-state index in [2.05, 4.69) is 41.6 Å². The van der Waals surface area contributed by atoms with Gasteiger partial charge in [0.15, 0.2) is 16.7 Å². The van der Waals surface area contributed by atoms with E-state index in [9.17, 15) is 14.7 Å². The number of thioether (sulfide) groups is 1. The number of amidine groups is 1. The number of likely N-dealkylation sites (N-methyl/N-ethyl adjacent to an activating group) is 1. The molecule has 30 heavy (non-hydrogen) atoms. The molecule has 156 valence electrons. The molecule has 10 heteroatoms. The SMILES string of the molecule is COC(=O)c1ccc(N=C2S/C(=C\c3cc(OC)c(O)c(Br)c3Br)C(=O)N2C)cc1. The van der Waals surface area contributed by atoms with Crippen molar-refractivity contribution >= 4 is 72.4 Å². The second kappa shape index (κ2) is 9.23. The molecule has 0 aromatic heterocycles. The lowest BCUT2D eigenvalue weighted by Gasteiger charge is -2.10. The van der Waals surface area contributed by atoms with Gasteiger partial charge < -0.3 is 14.6 Å². The van der Waals surface area contributed by atoms with E-state index >= 15 is 0 Å². The lowest BCUT2D eigenvalue weighted by molar-refractivity contribution is -0.121. The van der Waals surface area contributed by atoms with Crippen LogP contribution in [-0.2, 0) is 9.53 Å². The normalized spacial score (nSPS) is 16.4. The number of methoxy groups -OCH3 is 2. The number of esters is 1. The number of phenolic OH excluding ortho intramolecular Hbond substituents is 1. The van der Waals surface area contributed by atoms with E-state index < -0.39 is 5.97 Å². The van der Waals surface area contributed by atoms with Crippen LogP contribution in [0.3, 0.4) is 0 Å². The highest BCUT2D eigenvalue weighted by Gasteiger charge is 2.31. The minimum Gasteiger partial charge on any atom is -0.503 e. The molecule has 0 spiro atoms. The van der Waals surface area contributed by atoms with Crippen molar-refractivity contribution in [2.75, 3.05) is 21.3 Å². The van der Waals surface area contributed by atoms with Crippen LogP contribution in [-0.4, -0.2) is 48.3 Å². The van der Waals surface area contributed by atoms with Crippen LogP contribution in [0, 0.1) is 0 Å². The molecule has 1 aliphatic rings. The number of carbonyl (C=O) groups excluding carboxylic acids is 2. The third kappa shape index (κ3) is 4.40. The maximum Gasteiger partial charge on any atom is 0.337 e. The summed E-state index contributed by atoms with van der Waals surface area (Å²) in [5.74, 6) is -0.393. The Morgan fingerprint density at radius 2 is 1.87 bits per heavy atom. The fourth-order valence-electron chi connectivity index (χ4n) is 2.57. The summed E-state index contributed by atoms with van der Waals surface area (Å²) in [7, 11) is 4.41. The molecular weight excluding hydrogens is 540 g/mol. The van der Waals surface area contributed by atoms with Crippen molar-refractivity contribution in [1.29, 1.82) is 0 Å². The second-order valence-electron chi connectivity index (χ2n) is 6.05. The number of nitrogens with zero attached hydrogens (tertiary/aromatic N) is 2. The first-order valence-corrected chi connectivity index (χ1v) is 10.9. The first-order valence-electron chi connectivity index (χ1n) is 8.46. The smallest absolute Gasteiger partial charge is 0.337 e. The van der Waals surface area contributed by atoms with Crippen LogP contribution in [0.15, 0.2) is 49.2 Å². The largest absolute Gasteiger partial charge is 0.503 e. The lowest BCUT2D eigenvalue weighted by atomic mass is 10.2. The van der Waals surface area contributed by atoms with Crippen molar-refractivity contribution in [3.05, 3.63) is 55.3 Å². The Morgan fingerprint density at radius 3 is 2.47 bits per heavy atom. The molecule has 7 nitrogen and oxygen atoms in total. The highest BCUT2D eigenvalue weighted by molar-refractivity contribution is 9.13. The maximum atomic E-state index is 12.7. The Bertz CT molecular complexity index is 1080. The lowest BCUT2D eigenvalue weighted by Crippen LogP contribution is -2.23. The van der Waals surface area contributed by atoms with Gasteiger partial charge in [0.05, 0.1) is 34.8 Å². The van der Waals surface area contributed by atoms with E-state index in [4.69, 9.17) is 4.74 Å². The monoisotopic (exact) mass is 554 g/mol. The number of aliphatic imine (C=N–C) groups is 1. The number of amides is 1. The summed E-state index contributed by atoms with van der Waals surface area (Å²) in [5, 5.41) is 10.6. The number of aromatic hydroxyl groups is 1. The van der Waals surface area contributed by atoms with Gasteiger partial charge in [0.1, 0.15) is 0 Å². The van der Waals surface area contributed by atoms with E-state index in [1.165, 1.54) is 30.9 Å². The zero-order valence-electron chi connectivity index (χ0n) is 16.1. The van der Waals surface area contributed by atoms with E-state index in [0.29, 0.717) is 35.8 Å². The van der Waals surface area contributed by atoms with E-state index in [0.717, 1.165) is 0 Å². The van der Waals surface area contributed by atoms with E-state index in [1.54, 1.807) is 43.5 Å². The third-order valence-electron chi connectivity index (χ3n) is 4.20. The van der Waals surface area contributed by atoms with Crippen molar-refractivity contribution in [2.24, 2.45) is 4.99 Å².